The van der Waals surface area contributed by atoms with Crippen LogP contribution in [0.25, 0.3) is 10.8 Å². The number of halogens is 1. The molecule has 0 heterocycles. The lowest BCUT2D eigenvalue weighted by atomic mass is 10.0. The normalized spacial score (nSPS) is 11.7. The predicted octanol–water partition coefficient (Wildman–Crippen LogP) is 6.68. The summed E-state index contributed by atoms with van der Waals surface area (Å²) in [5, 5.41) is 22.9. The molecule has 0 saturated heterocycles. The van der Waals surface area contributed by atoms with Crippen molar-refractivity contribution < 1.29 is 27.6 Å². The van der Waals surface area contributed by atoms with Crippen molar-refractivity contribution >= 4 is 55.5 Å². The van der Waals surface area contributed by atoms with Crippen molar-refractivity contribution in [2.24, 2.45) is 10.2 Å². The summed E-state index contributed by atoms with van der Waals surface area (Å²) in [6.45, 7) is 1.71. The number of nitrogens with zero attached hydrogens (tertiary/aromatic N) is 2. The number of anilines is 1. The van der Waals surface area contributed by atoms with Crippen molar-refractivity contribution in [1.29, 1.82) is 0 Å². The Hall–Kier alpha value is -3.99. The fraction of sp³-hybridized carbons (Fsp3) is 0.115. The molecule has 0 unspecified atom stereocenters. The van der Waals surface area contributed by atoms with Crippen molar-refractivity contribution in [3.63, 3.8) is 0 Å². The molecule has 4 aromatic carbocycles. The molecule has 0 saturated carbocycles. The number of rotatable bonds is 7. The van der Waals surface area contributed by atoms with Crippen molar-refractivity contribution in [2.45, 2.75) is 18.2 Å². The first-order chi connectivity index (χ1) is 17.7. The molecule has 4 rings (SSSR count). The van der Waals surface area contributed by atoms with E-state index in [1.54, 1.807) is 55.5 Å². The standard InChI is InChI=1S/C26H22ClN3O6S/c1-3-15-12-13-19(27)23(25(15)37(33,34)35)30-29-22-17-9-5-4-8-16(17)14-18(24(22)31)26(32)28-20-10-6-7-11-21(20)36-2/h4-14,31H,3H2,1-2H3,(H,28,32)(H,33,34,35). The quantitative estimate of drug-likeness (QED) is 0.177. The Morgan fingerprint density at radius 3 is 2.41 bits per heavy atom. The summed E-state index contributed by atoms with van der Waals surface area (Å²) in [7, 11) is -3.23. The molecule has 0 aliphatic carbocycles. The number of para-hydroxylation sites is 2. The molecule has 0 fully saturated rings. The highest BCUT2D eigenvalue weighted by molar-refractivity contribution is 7.86. The van der Waals surface area contributed by atoms with Gasteiger partial charge in [-0.15, -0.1) is 10.2 Å². The van der Waals surface area contributed by atoms with E-state index in [-0.39, 0.29) is 28.4 Å². The summed E-state index contributed by atoms with van der Waals surface area (Å²) in [5.41, 5.74) is 0.229. The van der Waals surface area contributed by atoms with E-state index in [0.29, 0.717) is 27.8 Å². The number of nitrogens with one attached hydrogen (secondary N) is 1. The van der Waals surface area contributed by atoms with Crippen LogP contribution >= 0.6 is 11.6 Å². The van der Waals surface area contributed by atoms with Gasteiger partial charge in [0.25, 0.3) is 16.0 Å². The summed E-state index contributed by atoms with van der Waals surface area (Å²) in [6, 6.07) is 18.1. The molecule has 1 amide bonds. The molecule has 0 spiro atoms. The van der Waals surface area contributed by atoms with Gasteiger partial charge in [0.1, 0.15) is 22.0 Å². The van der Waals surface area contributed by atoms with Crippen LogP contribution in [0, 0.1) is 0 Å². The predicted molar refractivity (Wildman–Crippen MR) is 141 cm³/mol. The molecule has 9 nitrogen and oxygen atoms in total. The smallest absolute Gasteiger partial charge is 0.297 e. The van der Waals surface area contributed by atoms with Crippen molar-refractivity contribution in [3.8, 4) is 11.5 Å². The second kappa shape index (κ2) is 10.6. The van der Waals surface area contributed by atoms with Gasteiger partial charge in [0.05, 0.1) is 23.4 Å². The van der Waals surface area contributed by atoms with E-state index in [4.69, 9.17) is 16.3 Å². The minimum Gasteiger partial charge on any atom is -0.505 e. The van der Waals surface area contributed by atoms with Crippen LogP contribution in [0.2, 0.25) is 5.02 Å². The fourth-order valence-corrected chi connectivity index (χ4v) is 5.07. The molecule has 11 heteroatoms. The highest BCUT2D eigenvalue weighted by Gasteiger charge is 2.24. The highest BCUT2D eigenvalue weighted by Crippen LogP contribution is 2.42. The van der Waals surface area contributed by atoms with E-state index in [9.17, 15) is 22.9 Å². The number of fused-ring (bicyclic) bond motifs is 1. The van der Waals surface area contributed by atoms with Crippen molar-refractivity contribution in [1.82, 2.24) is 0 Å². The van der Waals surface area contributed by atoms with Crippen LogP contribution in [0.15, 0.2) is 81.9 Å². The Morgan fingerprint density at radius 2 is 1.70 bits per heavy atom. The minimum absolute atomic E-state index is 0.0672. The lowest BCUT2D eigenvalue weighted by molar-refractivity contribution is 0.102. The fourth-order valence-electron chi connectivity index (χ4n) is 3.88. The molecule has 0 atom stereocenters. The van der Waals surface area contributed by atoms with Gasteiger partial charge in [0.2, 0.25) is 0 Å². The average Bonchev–Trinajstić information content (AvgIpc) is 2.88. The van der Waals surface area contributed by atoms with Gasteiger partial charge in [-0.1, -0.05) is 61.0 Å². The maximum atomic E-state index is 13.2. The molecular formula is C26H22ClN3O6S. The van der Waals surface area contributed by atoms with Crippen LogP contribution in [0.4, 0.5) is 17.1 Å². The number of methoxy groups -OCH3 is 1. The molecule has 0 bridgehead atoms. The van der Waals surface area contributed by atoms with Gasteiger partial charge in [-0.25, -0.2) is 0 Å². The molecule has 0 aromatic heterocycles. The van der Waals surface area contributed by atoms with Crippen LogP contribution in [-0.4, -0.2) is 31.1 Å². The summed E-state index contributed by atoms with van der Waals surface area (Å²) in [4.78, 5) is 12.7. The number of phenols is 1. The number of amides is 1. The zero-order valence-electron chi connectivity index (χ0n) is 19.8. The second-order valence-electron chi connectivity index (χ2n) is 7.91. The van der Waals surface area contributed by atoms with E-state index >= 15 is 0 Å². The SMILES string of the molecule is CCc1ccc(Cl)c(N=Nc2c(O)c(C(=O)Nc3ccccc3OC)cc3ccccc23)c1S(=O)(=O)O. The Kier molecular flexibility index (Phi) is 7.44. The largest absolute Gasteiger partial charge is 0.505 e. The van der Waals surface area contributed by atoms with E-state index in [1.807, 2.05) is 0 Å². The van der Waals surface area contributed by atoms with E-state index < -0.39 is 26.7 Å². The van der Waals surface area contributed by atoms with Crippen LogP contribution in [0.3, 0.4) is 0 Å². The zero-order valence-corrected chi connectivity index (χ0v) is 21.3. The monoisotopic (exact) mass is 539 g/mol. The van der Waals surface area contributed by atoms with E-state index in [1.165, 1.54) is 25.3 Å². The maximum absolute atomic E-state index is 13.2. The Labute approximate surface area is 218 Å². The minimum atomic E-state index is -4.70. The summed E-state index contributed by atoms with van der Waals surface area (Å²) in [6.07, 6.45) is 0.279. The van der Waals surface area contributed by atoms with Gasteiger partial charge < -0.3 is 15.2 Å². The van der Waals surface area contributed by atoms with Gasteiger partial charge >= 0.3 is 0 Å². The number of aromatic hydroxyl groups is 1. The van der Waals surface area contributed by atoms with Crippen LogP contribution in [-0.2, 0) is 16.5 Å². The lowest BCUT2D eigenvalue weighted by Crippen LogP contribution is -2.13. The van der Waals surface area contributed by atoms with Gasteiger partial charge in [0.15, 0.2) is 5.75 Å². The molecule has 190 valence electrons. The molecule has 0 radical (unpaired) electrons. The third-order valence-corrected chi connectivity index (χ3v) is 6.92. The third kappa shape index (κ3) is 5.26. The van der Waals surface area contributed by atoms with Gasteiger partial charge in [0, 0.05) is 5.39 Å². The first-order valence-electron chi connectivity index (χ1n) is 11.0. The third-order valence-electron chi connectivity index (χ3n) is 5.65. The lowest BCUT2D eigenvalue weighted by Gasteiger charge is -2.13. The molecule has 0 aliphatic heterocycles. The van der Waals surface area contributed by atoms with Crippen molar-refractivity contribution in [3.05, 3.63) is 82.9 Å². The number of carbonyl (C=O) groups is 1. The molecule has 3 N–H and O–H groups in total. The second-order valence-corrected chi connectivity index (χ2v) is 9.68. The van der Waals surface area contributed by atoms with E-state index in [0.717, 1.165) is 0 Å². The van der Waals surface area contributed by atoms with Crippen LogP contribution < -0.4 is 10.1 Å². The molecular weight excluding hydrogens is 518 g/mol. The Bertz CT molecular complexity index is 1650. The number of benzene rings is 4. The number of aryl methyl sites for hydroxylation is 1. The summed E-state index contributed by atoms with van der Waals surface area (Å²) >= 11 is 6.22. The first kappa shape index (κ1) is 26.1. The summed E-state index contributed by atoms with van der Waals surface area (Å²) < 4.78 is 39.4. The van der Waals surface area contributed by atoms with Gasteiger partial charge in [-0.3, -0.25) is 9.35 Å². The maximum Gasteiger partial charge on any atom is 0.297 e. The number of carbonyl (C=O) groups excluding carboxylic acids is 1. The molecule has 37 heavy (non-hydrogen) atoms. The number of ether oxygens (including phenoxy) is 1. The Balaban J connectivity index is 1.87. The Morgan fingerprint density at radius 1 is 1.03 bits per heavy atom. The first-order valence-corrected chi connectivity index (χ1v) is 12.9. The van der Waals surface area contributed by atoms with E-state index in [2.05, 4.69) is 15.5 Å². The molecule has 0 aliphatic rings. The summed E-state index contributed by atoms with van der Waals surface area (Å²) in [5.74, 6) is -0.681. The number of azo groups is 1. The van der Waals surface area contributed by atoms with Crippen LogP contribution in [0.1, 0.15) is 22.8 Å². The highest BCUT2D eigenvalue weighted by atomic mass is 35.5. The van der Waals surface area contributed by atoms with Crippen LogP contribution in [0.5, 0.6) is 11.5 Å². The number of hydrogen-bond donors (Lipinski definition) is 3. The number of hydrogen-bond acceptors (Lipinski definition) is 7. The van der Waals surface area contributed by atoms with Crippen molar-refractivity contribution in [2.75, 3.05) is 12.4 Å². The topological polar surface area (TPSA) is 138 Å². The molecule has 4 aromatic rings. The van der Waals surface area contributed by atoms with Gasteiger partial charge in [-0.05, 0) is 41.6 Å². The number of phenolic OH excluding ortho intramolecular Hbond substituents is 1. The van der Waals surface area contributed by atoms with Gasteiger partial charge in [-0.2, -0.15) is 8.42 Å². The zero-order chi connectivity index (χ0) is 26.7. The average molecular weight is 540 g/mol.